The predicted molar refractivity (Wildman–Crippen MR) is 35.2 cm³/mol. The van der Waals surface area contributed by atoms with Crippen LogP contribution in [0, 0.1) is 0 Å². The van der Waals surface area contributed by atoms with Crippen LogP contribution >= 0.6 is 0 Å². The number of nitrogens with two attached hydrogens (primary N) is 2. The Bertz CT molecular complexity index is 389. The molecule has 0 radical (unpaired) electrons. The number of fused-ring (bicyclic) bond motifs is 1. The van der Waals surface area contributed by atoms with E-state index < -0.39 is 0 Å². The van der Waals surface area contributed by atoms with E-state index in [9.17, 15) is 0 Å². The molecule has 2 heterocycles. The molecule has 0 fully saturated rings. The second kappa shape index (κ2) is 1.75. The van der Waals surface area contributed by atoms with Crippen molar-refractivity contribution in [3.8, 4) is 0 Å². The van der Waals surface area contributed by atoms with Crippen LogP contribution in [0.15, 0.2) is 0 Å². The molecule has 4 N–H and O–H groups in total. The van der Waals surface area contributed by atoms with Gasteiger partial charge in [0.05, 0.1) is 0 Å². The maximum absolute atomic E-state index is 5.35. The molecule has 56 valence electrons. The maximum atomic E-state index is 5.35. The van der Waals surface area contributed by atoms with Gasteiger partial charge in [-0.3, -0.25) is 0 Å². The molecule has 0 unspecified atom stereocenters. The zero-order chi connectivity index (χ0) is 7.84. The van der Waals surface area contributed by atoms with E-state index in [1.54, 1.807) is 0 Å². The highest BCUT2D eigenvalue weighted by atomic mass is 15.5. The van der Waals surface area contributed by atoms with Crippen LogP contribution in [0.1, 0.15) is 0 Å². The summed E-state index contributed by atoms with van der Waals surface area (Å²) in [5, 5.41) is 17.8. The average Bonchev–Trinajstić information content (AvgIpc) is 2.33. The maximum Gasteiger partial charge on any atom is 0.292 e. The Morgan fingerprint density at radius 2 is 1.73 bits per heavy atom. The number of anilines is 2. The van der Waals surface area contributed by atoms with Crippen molar-refractivity contribution < 1.29 is 0 Å². The Hall–Kier alpha value is -1.99. The van der Waals surface area contributed by atoms with Gasteiger partial charge in [-0.25, -0.2) is 0 Å². The molecule has 0 saturated carbocycles. The molecule has 0 bridgehead atoms. The Kier molecular flexibility index (Phi) is 0.916. The Balaban J connectivity index is 2.87. The summed E-state index contributed by atoms with van der Waals surface area (Å²) < 4.78 is 1.21. The summed E-state index contributed by atoms with van der Waals surface area (Å²) in [5.74, 6) is 0.405. The lowest BCUT2D eigenvalue weighted by molar-refractivity contribution is 0.847. The van der Waals surface area contributed by atoms with Gasteiger partial charge in [-0.2, -0.15) is 4.52 Å². The van der Waals surface area contributed by atoms with E-state index in [4.69, 9.17) is 11.5 Å². The number of nitrogen functional groups attached to an aromatic ring is 2. The first-order valence-electron chi connectivity index (χ1n) is 2.74. The van der Waals surface area contributed by atoms with Gasteiger partial charge < -0.3 is 11.5 Å². The lowest BCUT2D eigenvalue weighted by Crippen LogP contribution is -2.05. The van der Waals surface area contributed by atoms with Crippen LogP contribution in [0.3, 0.4) is 0 Å². The molecule has 11 heavy (non-hydrogen) atoms. The molecular formula is C3H4N8. The largest absolute Gasteiger partial charge is 0.366 e. The quantitative estimate of drug-likeness (QED) is 0.451. The second-order valence-corrected chi connectivity index (χ2v) is 1.83. The molecular weight excluding hydrogens is 148 g/mol. The van der Waals surface area contributed by atoms with E-state index in [1.165, 1.54) is 4.52 Å². The third-order valence-electron chi connectivity index (χ3n) is 1.09. The Labute approximate surface area is 60.2 Å². The smallest absolute Gasteiger partial charge is 0.292 e. The normalized spacial score (nSPS) is 10.5. The van der Waals surface area contributed by atoms with Crippen LogP contribution in [0.5, 0.6) is 0 Å². The summed E-state index contributed by atoms with van der Waals surface area (Å²) in [7, 11) is 0. The minimum absolute atomic E-state index is 0.0315. The highest BCUT2D eigenvalue weighted by molar-refractivity contribution is 5.32. The summed E-state index contributed by atoms with van der Waals surface area (Å²) >= 11 is 0. The van der Waals surface area contributed by atoms with Gasteiger partial charge in [0.2, 0.25) is 5.95 Å². The lowest BCUT2D eigenvalue weighted by Gasteiger charge is -1.90. The SMILES string of the molecule is Nc1nnc2nnc(N)n2n1. The molecule has 2 aromatic rings. The number of nitrogens with zero attached hydrogens (tertiary/aromatic N) is 6. The number of aromatic nitrogens is 6. The first kappa shape index (κ1) is 5.77. The predicted octanol–water partition coefficient (Wildman–Crippen LogP) is -1.92. The van der Waals surface area contributed by atoms with Gasteiger partial charge in [0.25, 0.3) is 11.7 Å². The summed E-state index contributed by atoms with van der Waals surface area (Å²) in [5.41, 5.74) is 10.6. The van der Waals surface area contributed by atoms with E-state index in [2.05, 4.69) is 25.5 Å². The van der Waals surface area contributed by atoms with Crippen LogP contribution in [0.4, 0.5) is 11.9 Å². The number of hydrogen-bond acceptors (Lipinski definition) is 7. The fourth-order valence-electron chi connectivity index (χ4n) is 0.660. The fourth-order valence-corrected chi connectivity index (χ4v) is 0.660. The molecule has 0 spiro atoms. The number of hydrogen-bond donors (Lipinski definition) is 2. The third-order valence-corrected chi connectivity index (χ3v) is 1.09. The van der Waals surface area contributed by atoms with Gasteiger partial charge in [-0.1, -0.05) is 0 Å². The molecule has 0 aliphatic heterocycles. The molecule has 0 aromatic carbocycles. The van der Waals surface area contributed by atoms with Crippen molar-refractivity contribution in [3.05, 3.63) is 0 Å². The molecule has 8 nitrogen and oxygen atoms in total. The zero-order valence-electron chi connectivity index (χ0n) is 5.34. The van der Waals surface area contributed by atoms with Crippen molar-refractivity contribution in [1.29, 1.82) is 0 Å². The molecule has 2 rings (SSSR count). The van der Waals surface area contributed by atoms with Crippen molar-refractivity contribution in [2.24, 2.45) is 0 Å². The molecule has 2 aromatic heterocycles. The average molecular weight is 152 g/mol. The van der Waals surface area contributed by atoms with Gasteiger partial charge in [0.1, 0.15) is 0 Å². The molecule has 0 aliphatic carbocycles. The third kappa shape index (κ3) is 0.723. The minimum Gasteiger partial charge on any atom is -0.366 e. The first-order chi connectivity index (χ1) is 5.27. The van der Waals surface area contributed by atoms with Crippen LogP contribution in [-0.2, 0) is 0 Å². The summed E-state index contributed by atoms with van der Waals surface area (Å²) in [6, 6.07) is 0. The summed E-state index contributed by atoms with van der Waals surface area (Å²) in [6.07, 6.45) is 0. The molecule has 0 amide bonds. The van der Waals surface area contributed by atoms with Crippen molar-refractivity contribution in [2.75, 3.05) is 11.5 Å². The standard InChI is InChI=1S/C3H4N8/c4-1-6-8-3-9-7-2(5)11(3)10-1/h(H2,4,10)(H2,5,7). The van der Waals surface area contributed by atoms with Crippen molar-refractivity contribution in [3.63, 3.8) is 0 Å². The van der Waals surface area contributed by atoms with E-state index in [-0.39, 0.29) is 17.7 Å². The molecule has 0 saturated heterocycles. The lowest BCUT2D eigenvalue weighted by atomic mass is 11.0. The monoisotopic (exact) mass is 152 g/mol. The van der Waals surface area contributed by atoms with Crippen molar-refractivity contribution in [1.82, 2.24) is 30.0 Å². The van der Waals surface area contributed by atoms with E-state index in [0.29, 0.717) is 0 Å². The van der Waals surface area contributed by atoms with E-state index in [0.717, 1.165) is 0 Å². The van der Waals surface area contributed by atoms with Gasteiger partial charge in [0.15, 0.2) is 0 Å². The van der Waals surface area contributed by atoms with Crippen LogP contribution in [-0.4, -0.2) is 30.0 Å². The summed E-state index contributed by atoms with van der Waals surface area (Å²) in [6.45, 7) is 0. The highest BCUT2D eigenvalue weighted by Crippen LogP contribution is 1.97. The van der Waals surface area contributed by atoms with Gasteiger partial charge >= 0.3 is 0 Å². The van der Waals surface area contributed by atoms with E-state index in [1.807, 2.05) is 0 Å². The summed E-state index contributed by atoms with van der Waals surface area (Å²) in [4.78, 5) is 0. The van der Waals surface area contributed by atoms with E-state index >= 15 is 0 Å². The van der Waals surface area contributed by atoms with Crippen LogP contribution < -0.4 is 11.5 Å². The molecule has 0 atom stereocenters. The first-order valence-corrected chi connectivity index (χ1v) is 2.74. The Morgan fingerprint density at radius 3 is 2.55 bits per heavy atom. The van der Waals surface area contributed by atoms with Crippen molar-refractivity contribution in [2.45, 2.75) is 0 Å². The van der Waals surface area contributed by atoms with Gasteiger partial charge in [-0.05, 0) is 0 Å². The van der Waals surface area contributed by atoms with Gasteiger partial charge in [-0.15, -0.1) is 25.5 Å². The highest BCUT2D eigenvalue weighted by Gasteiger charge is 2.03. The molecule has 8 heteroatoms. The topological polar surface area (TPSA) is 121 Å². The minimum atomic E-state index is 0.0315. The van der Waals surface area contributed by atoms with Crippen molar-refractivity contribution >= 4 is 17.7 Å². The fraction of sp³-hybridized carbons (Fsp3) is 0. The molecule has 0 aliphatic rings. The van der Waals surface area contributed by atoms with Gasteiger partial charge in [0, 0.05) is 0 Å². The number of rotatable bonds is 0. The Morgan fingerprint density at radius 1 is 1.00 bits per heavy atom. The van der Waals surface area contributed by atoms with Crippen LogP contribution in [0.2, 0.25) is 0 Å². The van der Waals surface area contributed by atoms with Crippen LogP contribution in [0.25, 0.3) is 5.78 Å². The second-order valence-electron chi connectivity index (χ2n) is 1.83. The zero-order valence-corrected chi connectivity index (χ0v) is 5.34.